The Balaban J connectivity index is 1.35. The molecule has 1 aromatic heterocycles. The Labute approximate surface area is 176 Å². The number of aromatic amines is 1. The number of aromatic nitrogens is 1. The first-order valence-corrected chi connectivity index (χ1v) is 10.5. The van der Waals surface area contributed by atoms with Crippen LogP contribution in [-0.2, 0) is 11.2 Å². The van der Waals surface area contributed by atoms with Crippen LogP contribution in [-0.4, -0.2) is 38.3 Å². The number of pyridine rings is 1. The number of unbranched alkanes of at least 4 members (excludes halogenated alkanes) is 2. The molecule has 0 saturated carbocycles. The summed E-state index contributed by atoms with van der Waals surface area (Å²) in [6.45, 7) is 1.29. The molecule has 0 amide bonds. The summed E-state index contributed by atoms with van der Waals surface area (Å²) >= 11 is 0. The largest absolute Gasteiger partial charge is 0.493 e. The van der Waals surface area contributed by atoms with Gasteiger partial charge in [-0.25, -0.2) is 4.79 Å². The summed E-state index contributed by atoms with van der Waals surface area (Å²) in [5.74, 6) is 0.724. The number of benzene rings is 1. The fourth-order valence-corrected chi connectivity index (χ4v) is 3.80. The molecular weight excluding hydrogens is 384 g/mol. The standard InChI is InChI=1S/C23H30N2O5/c1-28-20-11-9-16(15-21(20)29-2)23(27)30-14-5-3-4-13-24-18-7-6-8-19-17(18)10-12-22(26)25-19/h9-12,15,18,24H,3-8,13-14H2,1-2H3,(H,25,26)/t18-/m0/s1. The van der Waals surface area contributed by atoms with Gasteiger partial charge in [0.1, 0.15) is 0 Å². The van der Waals surface area contributed by atoms with Crippen molar-refractivity contribution < 1.29 is 19.0 Å². The second-order valence-corrected chi connectivity index (χ2v) is 7.42. The lowest BCUT2D eigenvalue weighted by atomic mass is 9.91. The summed E-state index contributed by atoms with van der Waals surface area (Å²) in [6.07, 6.45) is 5.89. The molecule has 0 aliphatic heterocycles. The molecule has 0 saturated heterocycles. The van der Waals surface area contributed by atoms with Gasteiger partial charge in [0.05, 0.1) is 26.4 Å². The van der Waals surface area contributed by atoms with Gasteiger partial charge in [-0.05, 0) is 68.8 Å². The van der Waals surface area contributed by atoms with E-state index in [2.05, 4.69) is 10.3 Å². The molecule has 162 valence electrons. The smallest absolute Gasteiger partial charge is 0.338 e. The molecule has 0 spiro atoms. The Morgan fingerprint density at radius 2 is 1.93 bits per heavy atom. The lowest BCUT2D eigenvalue weighted by molar-refractivity contribution is 0.0497. The maximum absolute atomic E-state index is 12.2. The minimum Gasteiger partial charge on any atom is -0.493 e. The summed E-state index contributed by atoms with van der Waals surface area (Å²) in [7, 11) is 3.09. The third-order valence-electron chi connectivity index (χ3n) is 5.40. The van der Waals surface area contributed by atoms with Crippen LogP contribution in [0.15, 0.2) is 35.1 Å². The SMILES string of the molecule is COc1ccc(C(=O)OCCCCCN[C@H]2CCCc3[nH]c(=O)ccc32)cc1OC. The van der Waals surface area contributed by atoms with E-state index in [9.17, 15) is 9.59 Å². The average Bonchev–Trinajstić information content (AvgIpc) is 2.77. The Morgan fingerprint density at radius 1 is 1.10 bits per heavy atom. The van der Waals surface area contributed by atoms with Gasteiger partial charge in [0, 0.05) is 17.8 Å². The van der Waals surface area contributed by atoms with Crippen molar-refractivity contribution in [3.8, 4) is 11.5 Å². The molecule has 0 radical (unpaired) electrons. The van der Waals surface area contributed by atoms with E-state index in [1.165, 1.54) is 12.7 Å². The first kappa shape index (κ1) is 21.9. The van der Waals surface area contributed by atoms with Gasteiger partial charge in [0.15, 0.2) is 11.5 Å². The number of aryl methyl sites for hydroxylation is 1. The number of nitrogens with one attached hydrogen (secondary N) is 2. The molecule has 1 aliphatic rings. The van der Waals surface area contributed by atoms with Crippen molar-refractivity contribution in [3.05, 3.63) is 57.5 Å². The summed E-state index contributed by atoms with van der Waals surface area (Å²) in [6, 6.07) is 8.83. The molecule has 1 aromatic carbocycles. The van der Waals surface area contributed by atoms with Crippen molar-refractivity contribution in [2.24, 2.45) is 0 Å². The molecule has 1 heterocycles. The van der Waals surface area contributed by atoms with Crippen molar-refractivity contribution in [2.45, 2.75) is 44.6 Å². The van der Waals surface area contributed by atoms with Gasteiger partial charge in [-0.2, -0.15) is 0 Å². The quantitative estimate of drug-likeness (QED) is 0.458. The number of carbonyl (C=O) groups is 1. The van der Waals surface area contributed by atoms with Crippen molar-refractivity contribution in [2.75, 3.05) is 27.4 Å². The van der Waals surface area contributed by atoms with Crippen LogP contribution in [0.3, 0.4) is 0 Å². The van der Waals surface area contributed by atoms with Crippen LogP contribution in [0.2, 0.25) is 0 Å². The maximum atomic E-state index is 12.2. The summed E-state index contributed by atoms with van der Waals surface area (Å²) < 4.78 is 15.8. The van der Waals surface area contributed by atoms with E-state index in [0.717, 1.165) is 50.8 Å². The molecule has 0 bridgehead atoms. The van der Waals surface area contributed by atoms with E-state index < -0.39 is 0 Å². The first-order valence-electron chi connectivity index (χ1n) is 10.5. The predicted molar refractivity (Wildman–Crippen MR) is 114 cm³/mol. The Kier molecular flexibility index (Phi) is 7.90. The van der Waals surface area contributed by atoms with Crippen LogP contribution in [0.4, 0.5) is 0 Å². The van der Waals surface area contributed by atoms with E-state index in [1.54, 1.807) is 31.4 Å². The lowest BCUT2D eigenvalue weighted by Crippen LogP contribution is -2.28. The van der Waals surface area contributed by atoms with Crippen LogP contribution in [0, 0.1) is 0 Å². The number of carbonyl (C=O) groups excluding carboxylic acids is 1. The Hall–Kier alpha value is -2.80. The van der Waals surface area contributed by atoms with E-state index >= 15 is 0 Å². The molecule has 30 heavy (non-hydrogen) atoms. The molecule has 7 nitrogen and oxygen atoms in total. The molecule has 1 atom stereocenters. The van der Waals surface area contributed by atoms with Crippen LogP contribution >= 0.6 is 0 Å². The molecule has 2 aromatic rings. The van der Waals surface area contributed by atoms with E-state index in [1.807, 2.05) is 6.07 Å². The van der Waals surface area contributed by atoms with Crippen molar-refractivity contribution in [3.63, 3.8) is 0 Å². The zero-order valence-corrected chi connectivity index (χ0v) is 17.7. The predicted octanol–water partition coefficient (Wildman–Crippen LogP) is 3.39. The minimum atomic E-state index is -0.359. The normalized spacial score (nSPS) is 15.3. The summed E-state index contributed by atoms with van der Waals surface area (Å²) in [4.78, 5) is 26.6. The van der Waals surface area contributed by atoms with E-state index in [-0.39, 0.29) is 11.5 Å². The van der Waals surface area contributed by atoms with Gasteiger partial charge in [-0.3, -0.25) is 4.79 Å². The lowest BCUT2D eigenvalue weighted by Gasteiger charge is -2.26. The highest BCUT2D eigenvalue weighted by atomic mass is 16.5. The van der Waals surface area contributed by atoms with Crippen LogP contribution < -0.4 is 20.3 Å². The van der Waals surface area contributed by atoms with Crippen LogP contribution in [0.25, 0.3) is 0 Å². The van der Waals surface area contributed by atoms with Gasteiger partial charge in [0.25, 0.3) is 0 Å². The highest BCUT2D eigenvalue weighted by Crippen LogP contribution is 2.28. The molecule has 3 rings (SSSR count). The Morgan fingerprint density at radius 3 is 2.73 bits per heavy atom. The summed E-state index contributed by atoms with van der Waals surface area (Å²) in [5, 5.41) is 3.59. The number of rotatable bonds is 10. The molecule has 0 unspecified atom stereocenters. The number of ether oxygens (including phenoxy) is 3. The second-order valence-electron chi connectivity index (χ2n) is 7.42. The average molecular weight is 415 g/mol. The fourth-order valence-electron chi connectivity index (χ4n) is 3.80. The Bertz CT molecular complexity index is 909. The van der Waals surface area contributed by atoms with Crippen LogP contribution in [0.5, 0.6) is 11.5 Å². The number of methoxy groups -OCH3 is 2. The van der Waals surface area contributed by atoms with Gasteiger partial charge < -0.3 is 24.5 Å². The zero-order valence-electron chi connectivity index (χ0n) is 17.7. The monoisotopic (exact) mass is 414 g/mol. The highest BCUT2D eigenvalue weighted by molar-refractivity contribution is 5.90. The maximum Gasteiger partial charge on any atom is 0.338 e. The van der Waals surface area contributed by atoms with Gasteiger partial charge in [-0.1, -0.05) is 6.07 Å². The van der Waals surface area contributed by atoms with Crippen molar-refractivity contribution in [1.29, 1.82) is 0 Å². The molecule has 1 aliphatic carbocycles. The number of H-pyrrole nitrogens is 1. The number of hydrogen-bond donors (Lipinski definition) is 2. The van der Waals surface area contributed by atoms with Gasteiger partial charge >= 0.3 is 5.97 Å². The minimum absolute atomic E-state index is 0.0305. The summed E-state index contributed by atoms with van der Waals surface area (Å²) in [5.41, 5.74) is 2.69. The topological polar surface area (TPSA) is 89.7 Å². The number of esters is 1. The van der Waals surface area contributed by atoms with E-state index in [0.29, 0.717) is 29.7 Å². The third kappa shape index (κ3) is 5.63. The molecule has 7 heteroatoms. The molecular formula is C23H30N2O5. The fraction of sp³-hybridized carbons (Fsp3) is 0.478. The van der Waals surface area contributed by atoms with Crippen LogP contribution in [0.1, 0.15) is 59.8 Å². The molecule has 2 N–H and O–H groups in total. The third-order valence-corrected chi connectivity index (χ3v) is 5.40. The van der Waals surface area contributed by atoms with Gasteiger partial charge in [-0.15, -0.1) is 0 Å². The second kappa shape index (κ2) is 10.8. The van der Waals surface area contributed by atoms with Gasteiger partial charge in [0.2, 0.25) is 5.56 Å². The van der Waals surface area contributed by atoms with Crippen molar-refractivity contribution in [1.82, 2.24) is 10.3 Å². The van der Waals surface area contributed by atoms with Crippen molar-refractivity contribution >= 4 is 5.97 Å². The number of hydrogen-bond acceptors (Lipinski definition) is 6. The number of fused-ring (bicyclic) bond motifs is 1. The zero-order chi connectivity index (χ0) is 21.3. The highest BCUT2D eigenvalue weighted by Gasteiger charge is 2.20. The molecule has 0 fully saturated rings. The van der Waals surface area contributed by atoms with E-state index in [4.69, 9.17) is 14.2 Å². The first-order chi connectivity index (χ1) is 14.6.